The van der Waals surface area contributed by atoms with Gasteiger partial charge in [0.05, 0.1) is 31.6 Å². The summed E-state index contributed by atoms with van der Waals surface area (Å²) in [6, 6.07) is 3.34. The number of ether oxygens (including phenoxy) is 2. The van der Waals surface area contributed by atoms with Crippen LogP contribution in [-0.4, -0.2) is 24.8 Å². The first-order chi connectivity index (χ1) is 10.2. The maximum atomic E-state index is 11.9. The Hall–Kier alpha value is -2.47. The molecule has 1 unspecified atom stereocenters. The van der Waals surface area contributed by atoms with E-state index >= 15 is 0 Å². The first-order valence-corrected chi connectivity index (χ1v) is 6.48. The van der Waals surface area contributed by atoms with Crippen LogP contribution in [-0.2, 0) is 9.53 Å². The van der Waals surface area contributed by atoms with Crippen LogP contribution >= 0.6 is 0 Å². The van der Waals surface area contributed by atoms with Crippen LogP contribution in [0.2, 0.25) is 0 Å². The van der Waals surface area contributed by atoms with Gasteiger partial charge in [-0.15, -0.1) is 0 Å². The van der Waals surface area contributed by atoms with E-state index in [-0.39, 0.29) is 6.61 Å². The number of fused-ring (bicyclic) bond motifs is 2. The van der Waals surface area contributed by atoms with E-state index in [4.69, 9.17) is 18.3 Å². The van der Waals surface area contributed by atoms with Crippen molar-refractivity contribution in [1.29, 1.82) is 0 Å². The predicted octanol–water partition coefficient (Wildman–Crippen LogP) is 2.78. The third-order valence-corrected chi connectivity index (χ3v) is 3.30. The highest BCUT2D eigenvalue weighted by Crippen LogP contribution is 2.41. The standard InChI is InChI=1S/C15H14O6/c1-3-19-15(17)11(16)10-8-4-6-21-14(8)13(18-2)9-5-7-20-12(9)10/h4-7,11,16H,3H2,1-2H3. The molecule has 0 saturated carbocycles. The Labute approximate surface area is 119 Å². The molecule has 0 saturated heterocycles. The highest BCUT2D eigenvalue weighted by Gasteiger charge is 2.28. The number of esters is 1. The van der Waals surface area contributed by atoms with Crippen LogP contribution in [0.25, 0.3) is 21.9 Å². The second-order valence-electron chi connectivity index (χ2n) is 4.43. The topological polar surface area (TPSA) is 82.0 Å². The maximum absolute atomic E-state index is 11.9. The van der Waals surface area contributed by atoms with Crippen LogP contribution in [0, 0.1) is 0 Å². The zero-order valence-corrected chi connectivity index (χ0v) is 11.6. The van der Waals surface area contributed by atoms with Gasteiger partial charge in [-0.05, 0) is 19.1 Å². The highest BCUT2D eigenvalue weighted by molar-refractivity contribution is 6.06. The number of aliphatic hydroxyl groups excluding tert-OH is 1. The van der Waals surface area contributed by atoms with Crippen molar-refractivity contribution in [3.63, 3.8) is 0 Å². The normalized spacial score (nSPS) is 12.7. The van der Waals surface area contributed by atoms with Crippen molar-refractivity contribution in [3.05, 3.63) is 30.2 Å². The van der Waals surface area contributed by atoms with E-state index < -0.39 is 12.1 Å². The third kappa shape index (κ3) is 1.95. The molecule has 2 heterocycles. The van der Waals surface area contributed by atoms with E-state index in [1.165, 1.54) is 19.6 Å². The second kappa shape index (κ2) is 5.14. The molecule has 110 valence electrons. The predicted molar refractivity (Wildman–Crippen MR) is 74.1 cm³/mol. The summed E-state index contributed by atoms with van der Waals surface area (Å²) in [6.07, 6.45) is 1.48. The average molecular weight is 290 g/mol. The summed E-state index contributed by atoms with van der Waals surface area (Å²) in [7, 11) is 1.52. The van der Waals surface area contributed by atoms with Gasteiger partial charge in [-0.3, -0.25) is 0 Å². The molecule has 3 rings (SSSR count). The fourth-order valence-corrected chi connectivity index (χ4v) is 2.45. The van der Waals surface area contributed by atoms with Crippen LogP contribution in [0.5, 0.6) is 5.75 Å². The van der Waals surface area contributed by atoms with E-state index in [0.717, 1.165) is 0 Å². The van der Waals surface area contributed by atoms with Crippen LogP contribution in [0.15, 0.2) is 33.5 Å². The Morgan fingerprint density at radius 2 is 1.90 bits per heavy atom. The fourth-order valence-electron chi connectivity index (χ4n) is 2.45. The number of aliphatic hydroxyl groups is 1. The fraction of sp³-hybridized carbons (Fsp3) is 0.267. The molecule has 1 atom stereocenters. The summed E-state index contributed by atoms with van der Waals surface area (Å²) >= 11 is 0. The smallest absolute Gasteiger partial charge is 0.339 e. The molecule has 6 nitrogen and oxygen atoms in total. The lowest BCUT2D eigenvalue weighted by atomic mass is 10.0. The van der Waals surface area contributed by atoms with Gasteiger partial charge in [-0.2, -0.15) is 0 Å². The number of carbonyl (C=O) groups excluding carboxylic acids is 1. The van der Waals surface area contributed by atoms with Crippen LogP contribution < -0.4 is 4.74 Å². The van der Waals surface area contributed by atoms with Crippen molar-refractivity contribution in [3.8, 4) is 5.75 Å². The molecule has 0 fully saturated rings. The molecule has 0 bridgehead atoms. The van der Waals surface area contributed by atoms with Gasteiger partial charge in [0.1, 0.15) is 5.58 Å². The van der Waals surface area contributed by atoms with Crippen molar-refractivity contribution in [1.82, 2.24) is 0 Å². The number of hydrogen-bond donors (Lipinski definition) is 1. The van der Waals surface area contributed by atoms with Gasteiger partial charge < -0.3 is 23.4 Å². The molecule has 0 aliphatic heterocycles. The van der Waals surface area contributed by atoms with Gasteiger partial charge in [0.15, 0.2) is 17.4 Å². The van der Waals surface area contributed by atoms with Crippen LogP contribution in [0.1, 0.15) is 18.6 Å². The minimum absolute atomic E-state index is 0.182. The van der Waals surface area contributed by atoms with Gasteiger partial charge >= 0.3 is 5.97 Å². The second-order valence-corrected chi connectivity index (χ2v) is 4.43. The molecule has 1 N–H and O–H groups in total. The van der Waals surface area contributed by atoms with E-state index in [1.807, 2.05) is 0 Å². The SMILES string of the molecule is CCOC(=O)C(O)c1c2ccoc2c(OC)c2ccoc12. The lowest BCUT2D eigenvalue weighted by Crippen LogP contribution is -2.16. The highest BCUT2D eigenvalue weighted by atomic mass is 16.5. The molecule has 21 heavy (non-hydrogen) atoms. The summed E-state index contributed by atoms with van der Waals surface area (Å²) in [4.78, 5) is 11.9. The Bertz CT molecular complexity index is 745. The molecule has 0 radical (unpaired) electrons. The van der Waals surface area contributed by atoms with Crippen molar-refractivity contribution in [2.24, 2.45) is 0 Å². The van der Waals surface area contributed by atoms with E-state index in [1.54, 1.807) is 19.1 Å². The van der Waals surface area contributed by atoms with Crippen molar-refractivity contribution in [2.75, 3.05) is 13.7 Å². The molecular formula is C15H14O6. The van der Waals surface area contributed by atoms with Crippen LogP contribution in [0.3, 0.4) is 0 Å². The Balaban J connectivity index is 2.31. The lowest BCUT2D eigenvalue weighted by molar-refractivity contribution is -0.153. The molecule has 0 aliphatic carbocycles. The lowest BCUT2D eigenvalue weighted by Gasteiger charge is -2.13. The Kier molecular flexibility index (Phi) is 3.31. The van der Waals surface area contributed by atoms with Gasteiger partial charge in [-0.1, -0.05) is 0 Å². The molecule has 0 spiro atoms. The van der Waals surface area contributed by atoms with Crippen molar-refractivity contribution in [2.45, 2.75) is 13.0 Å². The monoisotopic (exact) mass is 290 g/mol. The molecular weight excluding hydrogens is 276 g/mol. The van der Waals surface area contributed by atoms with E-state index in [2.05, 4.69) is 0 Å². The van der Waals surface area contributed by atoms with Crippen LogP contribution in [0.4, 0.5) is 0 Å². The molecule has 0 amide bonds. The number of benzene rings is 1. The quantitative estimate of drug-likeness (QED) is 0.744. The van der Waals surface area contributed by atoms with Crippen molar-refractivity contribution < 1.29 is 28.2 Å². The summed E-state index contributed by atoms with van der Waals surface area (Å²) < 4.78 is 21.1. The van der Waals surface area contributed by atoms with Gasteiger partial charge in [0.25, 0.3) is 0 Å². The first-order valence-electron chi connectivity index (χ1n) is 6.48. The van der Waals surface area contributed by atoms with Crippen molar-refractivity contribution >= 4 is 27.9 Å². The number of furan rings is 2. The minimum Gasteiger partial charge on any atom is -0.492 e. The van der Waals surface area contributed by atoms with E-state index in [0.29, 0.717) is 33.3 Å². The van der Waals surface area contributed by atoms with Gasteiger partial charge in [0.2, 0.25) is 0 Å². The molecule has 3 aromatic rings. The summed E-state index contributed by atoms with van der Waals surface area (Å²) in [6.45, 7) is 1.86. The zero-order valence-electron chi connectivity index (χ0n) is 11.6. The number of methoxy groups -OCH3 is 1. The summed E-state index contributed by atoms with van der Waals surface area (Å²) in [5.41, 5.74) is 1.14. The summed E-state index contributed by atoms with van der Waals surface area (Å²) in [5.74, 6) is -0.235. The maximum Gasteiger partial charge on any atom is 0.339 e. The average Bonchev–Trinajstić information content (AvgIpc) is 3.12. The molecule has 6 heteroatoms. The Morgan fingerprint density at radius 3 is 2.57 bits per heavy atom. The number of carbonyl (C=O) groups is 1. The molecule has 0 aliphatic rings. The minimum atomic E-state index is -1.45. The van der Waals surface area contributed by atoms with Gasteiger partial charge in [-0.25, -0.2) is 4.79 Å². The van der Waals surface area contributed by atoms with Gasteiger partial charge in [0, 0.05) is 10.9 Å². The first kappa shape index (κ1) is 13.5. The largest absolute Gasteiger partial charge is 0.492 e. The number of hydrogen-bond acceptors (Lipinski definition) is 6. The Morgan fingerprint density at radius 1 is 1.24 bits per heavy atom. The third-order valence-electron chi connectivity index (χ3n) is 3.30. The summed E-state index contributed by atoms with van der Waals surface area (Å²) in [5, 5.41) is 11.5. The number of rotatable bonds is 4. The van der Waals surface area contributed by atoms with E-state index in [9.17, 15) is 9.90 Å². The zero-order chi connectivity index (χ0) is 15.0. The molecule has 2 aromatic heterocycles. The molecule has 1 aromatic carbocycles.